The molecule has 1 aromatic carbocycles. The van der Waals surface area contributed by atoms with Crippen molar-refractivity contribution < 1.29 is 0 Å². The van der Waals surface area contributed by atoms with Crippen LogP contribution in [-0.2, 0) is 5.41 Å². The van der Waals surface area contributed by atoms with E-state index < -0.39 is 0 Å². The summed E-state index contributed by atoms with van der Waals surface area (Å²) in [5, 5.41) is 19.3. The highest BCUT2D eigenvalue weighted by Gasteiger charge is 2.44. The van der Waals surface area contributed by atoms with Crippen molar-refractivity contribution in [2.45, 2.75) is 50.4 Å². The van der Waals surface area contributed by atoms with Gasteiger partial charge in [-0.25, -0.2) is 0 Å². The lowest BCUT2D eigenvalue weighted by Gasteiger charge is -2.49. The molecule has 0 saturated heterocycles. The highest BCUT2D eigenvalue weighted by molar-refractivity contribution is 8.25. The molecule has 23 heavy (non-hydrogen) atoms. The van der Waals surface area contributed by atoms with E-state index in [1.165, 1.54) is 60.5 Å². The predicted molar refractivity (Wildman–Crippen MR) is 100 cm³/mol. The summed E-state index contributed by atoms with van der Waals surface area (Å²) < 4.78 is 0. The van der Waals surface area contributed by atoms with Gasteiger partial charge in [-0.05, 0) is 60.8 Å². The molecule has 0 aromatic heterocycles. The minimum absolute atomic E-state index is 0.267. The zero-order valence-electron chi connectivity index (χ0n) is 14.1. The van der Waals surface area contributed by atoms with E-state index in [9.17, 15) is 0 Å². The van der Waals surface area contributed by atoms with Crippen molar-refractivity contribution in [2.75, 3.05) is 13.6 Å². The monoisotopic (exact) mass is 329 g/mol. The van der Waals surface area contributed by atoms with Gasteiger partial charge in [0.05, 0.1) is 10.6 Å². The second-order valence-corrected chi connectivity index (χ2v) is 8.10. The normalized spacial score (nSPS) is 29.5. The number of likely N-dealkylation sites (N-methyl/N-ethyl adjacent to an activating group) is 1. The SMILES string of the molecule is CNCC1CC2CCCC[C@@]2(C)c2cc(C(=N)SC=N)ccc21. The number of fused-ring (bicyclic) bond motifs is 3. The molecule has 0 bridgehead atoms. The Morgan fingerprint density at radius 2 is 2.26 bits per heavy atom. The summed E-state index contributed by atoms with van der Waals surface area (Å²) in [7, 11) is 2.04. The third kappa shape index (κ3) is 2.99. The molecule has 0 heterocycles. The maximum Gasteiger partial charge on any atom is 0.0999 e. The van der Waals surface area contributed by atoms with Crippen LogP contribution in [0.1, 0.15) is 61.6 Å². The first-order chi connectivity index (χ1) is 11.1. The number of benzene rings is 1. The van der Waals surface area contributed by atoms with Crippen molar-refractivity contribution in [1.82, 2.24) is 5.32 Å². The average molecular weight is 330 g/mol. The Balaban J connectivity index is 2.06. The fourth-order valence-corrected chi connectivity index (χ4v) is 5.10. The summed E-state index contributed by atoms with van der Waals surface area (Å²) in [5.74, 6) is 1.35. The molecule has 3 N–H and O–H groups in total. The molecule has 3 nitrogen and oxygen atoms in total. The minimum Gasteiger partial charge on any atom is -0.319 e. The van der Waals surface area contributed by atoms with E-state index in [0.29, 0.717) is 11.0 Å². The lowest BCUT2D eigenvalue weighted by molar-refractivity contribution is 0.163. The van der Waals surface area contributed by atoms with E-state index in [0.717, 1.165) is 18.0 Å². The van der Waals surface area contributed by atoms with Gasteiger partial charge in [-0.15, -0.1) is 0 Å². The van der Waals surface area contributed by atoms with Gasteiger partial charge in [-0.3, -0.25) is 5.41 Å². The average Bonchev–Trinajstić information content (AvgIpc) is 2.56. The molecule has 0 radical (unpaired) electrons. The Morgan fingerprint density at radius 3 is 3.00 bits per heavy atom. The van der Waals surface area contributed by atoms with Gasteiger partial charge in [0.1, 0.15) is 0 Å². The first kappa shape index (κ1) is 16.7. The summed E-state index contributed by atoms with van der Waals surface area (Å²) >= 11 is 1.19. The molecule has 2 aliphatic carbocycles. The number of hydrogen-bond acceptors (Lipinski definition) is 4. The zero-order chi connectivity index (χ0) is 16.4. The van der Waals surface area contributed by atoms with Gasteiger partial charge in [0.15, 0.2) is 0 Å². The summed E-state index contributed by atoms with van der Waals surface area (Å²) in [5.41, 5.74) is 5.44. The second-order valence-electron chi connectivity index (χ2n) is 7.22. The molecule has 3 atom stereocenters. The van der Waals surface area contributed by atoms with Crippen molar-refractivity contribution in [3.63, 3.8) is 0 Å². The van der Waals surface area contributed by atoms with Gasteiger partial charge in [0.25, 0.3) is 0 Å². The minimum atomic E-state index is 0.267. The van der Waals surface area contributed by atoms with Crippen LogP contribution in [0.5, 0.6) is 0 Å². The highest BCUT2D eigenvalue weighted by Crippen LogP contribution is 2.53. The molecule has 0 amide bonds. The van der Waals surface area contributed by atoms with Crippen LogP contribution in [0.3, 0.4) is 0 Å². The van der Waals surface area contributed by atoms with Crippen LogP contribution in [0.15, 0.2) is 18.2 Å². The highest BCUT2D eigenvalue weighted by atomic mass is 32.2. The van der Waals surface area contributed by atoms with Crippen LogP contribution in [-0.4, -0.2) is 24.2 Å². The predicted octanol–water partition coefficient (Wildman–Crippen LogP) is 4.51. The van der Waals surface area contributed by atoms with Crippen LogP contribution in [0.4, 0.5) is 0 Å². The van der Waals surface area contributed by atoms with Crippen LogP contribution in [0, 0.1) is 16.7 Å². The molecule has 2 unspecified atom stereocenters. The van der Waals surface area contributed by atoms with Crippen molar-refractivity contribution in [3.8, 4) is 0 Å². The van der Waals surface area contributed by atoms with Gasteiger partial charge >= 0.3 is 0 Å². The first-order valence-corrected chi connectivity index (χ1v) is 9.51. The van der Waals surface area contributed by atoms with E-state index in [4.69, 9.17) is 10.8 Å². The Hall–Kier alpha value is -1.13. The summed E-state index contributed by atoms with van der Waals surface area (Å²) in [6.07, 6.45) is 6.58. The fraction of sp³-hybridized carbons (Fsp3) is 0.579. The van der Waals surface area contributed by atoms with Crippen molar-refractivity contribution in [2.24, 2.45) is 5.92 Å². The van der Waals surface area contributed by atoms with E-state index in [1.807, 2.05) is 7.05 Å². The lowest BCUT2D eigenvalue weighted by atomic mass is 9.56. The van der Waals surface area contributed by atoms with E-state index in [1.54, 1.807) is 0 Å². The standard InChI is InChI=1S/C19H27N3S/c1-19-8-4-3-5-15(19)9-14(11-22-2)16-7-6-13(10-17(16)19)18(21)23-12-20/h6-7,10,12,14-15,20-22H,3-5,8-9,11H2,1-2H3/t14?,15?,19-/m1/s1. The van der Waals surface area contributed by atoms with Gasteiger partial charge in [-0.1, -0.05) is 43.7 Å². The van der Waals surface area contributed by atoms with Crippen LogP contribution in [0.2, 0.25) is 0 Å². The Bertz CT molecular complexity index is 613. The molecule has 124 valence electrons. The maximum atomic E-state index is 8.17. The lowest BCUT2D eigenvalue weighted by Crippen LogP contribution is -2.42. The number of thioether (sulfide) groups is 1. The summed E-state index contributed by atoms with van der Waals surface area (Å²) in [6.45, 7) is 3.48. The fourth-order valence-electron chi connectivity index (χ4n) is 4.72. The van der Waals surface area contributed by atoms with Crippen LogP contribution < -0.4 is 5.32 Å². The molecular weight excluding hydrogens is 302 g/mol. The maximum absolute atomic E-state index is 8.17. The molecule has 1 saturated carbocycles. The molecule has 0 aliphatic heterocycles. The number of hydrogen-bond donors (Lipinski definition) is 3. The molecule has 1 aromatic rings. The number of rotatable bonds is 4. The Kier molecular flexibility index (Phi) is 4.93. The smallest absolute Gasteiger partial charge is 0.0999 e. The van der Waals surface area contributed by atoms with Gasteiger partial charge in [-0.2, -0.15) is 0 Å². The molecular formula is C19H27N3S. The quantitative estimate of drug-likeness (QED) is 0.562. The molecule has 0 spiro atoms. The summed E-state index contributed by atoms with van der Waals surface area (Å²) in [4.78, 5) is 0. The second kappa shape index (κ2) is 6.78. The van der Waals surface area contributed by atoms with Gasteiger partial charge in [0, 0.05) is 12.1 Å². The Labute approximate surface area is 143 Å². The van der Waals surface area contributed by atoms with Crippen molar-refractivity contribution in [3.05, 3.63) is 34.9 Å². The molecule has 4 heteroatoms. The molecule has 2 aliphatic rings. The zero-order valence-corrected chi connectivity index (χ0v) is 14.9. The van der Waals surface area contributed by atoms with Crippen LogP contribution >= 0.6 is 11.8 Å². The number of nitrogens with one attached hydrogen (secondary N) is 3. The van der Waals surface area contributed by atoms with Gasteiger partial charge in [0.2, 0.25) is 0 Å². The Morgan fingerprint density at radius 1 is 1.43 bits per heavy atom. The third-order valence-corrected chi connectivity index (χ3v) is 6.56. The van der Waals surface area contributed by atoms with Crippen LogP contribution in [0.25, 0.3) is 0 Å². The third-order valence-electron chi connectivity index (χ3n) is 5.97. The summed E-state index contributed by atoms with van der Waals surface area (Å²) in [6, 6.07) is 6.59. The van der Waals surface area contributed by atoms with E-state index in [2.05, 4.69) is 30.4 Å². The first-order valence-electron chi connectivity index (χ1n) is 8.63. The largest absolute Gasteiger partial charge is 0.319 e. The molecule has 1 fully saturated rings. The van der Waals surface area contributed by atoms with E-state index >= 15 is 0 Å². The van der Waals surface area contributed by atoms with Crippen molar-refractivity contribution in [1.29, 1.82) is 10.8 Å². The molecule has 3 rings (SSSR count). The van der Waals surface area contributed by atoms with E-state index in [-0.39, 0.29) is 5.41 Å². The topological polar surface area (TPSA) is 59.7 Å². The van der Waals surface area contributed by atoms with Gasteiger partial charge < -0.3 is 10.7 Å². The van der Waals surface area contributed by atoms with Crippen molar-refractivity contribution >= 4 is 22.4 Å².